The quantitative estimate of drug-likeness (QED) is 0.148. The molecule has 0 aliphatic carbocycles. The highest BCUT2D eigenvalue weighted by molar-refractivity contribution is 6.06. The predicted octanol–water partition coefficient (Wildman–Crippen LogP) is 5.80. The summed E-state index contributed by atoms with van der Waals surface area (Å²) in [7, 11) is 0. The second-order valence-corrected chi connectivity index (χ2v) is 15.3. The number of carbonyl (C=O) groups is 3. The molecule has 3 aliphatic heterocycles. The molecule has 3 fully saturated rings. The van der Waals surface area contributed by atoms with Crippen molar-refractivity contribution in [1.82, 2.24) is 25.1 Å². The number of carbonyl (C=O) groups excluding carboxylic acids is 3. The number of alkyl carbamates (subject to hydrolysis) is 1. The Morgan fingerprint density at radius 2 is 1.51 bits per heavy atom. The number of amides is 3. The van der Waals surface area contributed by atoms with Crippen molar-refractivity contribution >= 4 is 23.9 Å². The maximum absolute atomic E-state index is 13.3. The molecule has 5 unspecified atom stereocenters. The van der Waals surface area contributed by atoms with Crippen LogP contribution in [0.5, 0.6) is 0 Å². The van der Waals surface area contributed by atoms with Crippen molar-refractivity contribution in [1.29, 1.82) is 0 Å². The molecule has 5 aromatic rings. The molecule has 1 aromatic heterocycles. The number of nitrogens with zero attached hydrogens (tertiary/aromatic N) is 5. The van der Waals surface area contributed by atoms with Crippen LogP contribution in [0, 0.1) is 5.92 Å². The van der Waals surface area contributed by atoms with Gasteiger partial charge in [0.2, 0.25) is 11.9 Å². The number of aliphatic hydroxyl groups is 1. The molecule has 59 heavy (non-hydrogen) atoms. The van der Waals surface area contributed by atoms with Gasteiger partial charge in [0, 0.05) is 56.6 Å². The number of imide groups is 1. The highest BCUT2D eigenvalue weighted by atomic mass is 16.7. The van der Waals surface area contributed by atoms with Crippen LogP contribution in [0.25, 0.3) is 11.1 Å². The number of piperazine rings is 1. The number of hydrogen-bond donors (Lipinski definition) is 2. The minimum Gasteiger partial charge on any atom is -0.445 e. The van der Waals surface area contributed by atoms with Crippen molar-refractivity contribution in [3.05, 3.63) is 149 Å². The number of likely N-dealkylation sites (tertiary alicyclic amines) is 1. The highest BCUT2D eigenvalue weighted by Crippen LogP contribution is 2.42. The molecule has 304 valence electrons. The number of aliphatic hydroxyl groups excluding tert-OH is 1. The average molecular weight is 797 g/mol. The van der Waals surface area contributed by atoms with Crippen LogP contribution in [0.2, 0.25) is 0 Å². The molecule has 13 heteroatoms. The fraction of sp³-hybridized carbons (Fsp3) is 0.326. The number of benzene rings is 4. The smallest absolute Gasteiger partial charge is 0.408 e. The molecule has 13 nitrogen and oxygen atoms in total. The van der Waals surface area contributed by atoms with Crippen LogP contribution in [-0.4, -0.2) is 87.7 Å². The van der Waals surface area contributed by atoms with E-state index in [1.807, 2.05) is 103 Å². The first-order chi connectivity index (χ1) is 28.8. The topological polar surface area (TPSA) is 147 Å². The summed E-state index contributed by atoms with van der Waals surface area (Å²) in [5.74, 6) is -0.0502. The molecule has 4 heterocycles. The highest BCUT2D eigenvalue weighted by Gasteiger charge is 2.41. The zero-order valence-corrected chi connectivity index (χ0v) is 32.9. The van der Waals surface area contributed by atoms with Gasteiger partial charge in [0.15, 0.2) is 6.29 Å². The molecule has 2 N–H and O–H groups in total. The summed E-state index contributed by atoms with van der Waals surface area (Å²) in [5, 5.41) is 12.3. The van der Waals surface area contributed by atoms with Crippen molar-refractivity contribution in [2.24, 2.45) is 5.92 Å². The van der Waals surface area contributed by atoms with E-state index in [1.54, 1.807) is 12.4 Å². The summed E-state index contributed by atoms with van der Waals surface area (Å²) >= 11 is 0. The lowest BCUT2D eigenvalue weighted by atomic mass is 9.89. The zero-order chi connectivity index (χ0) is 40.7. The minimum atomic E-state index is -0.988. The van der Waals surface area contributed by atoms with E-state index >= 15 is 0 Å². The number of aromatic nitrogens is 2. The lowest BCUT2D eigenvalue weighted by molar-refractivity contribution is -0.276. The Bertz CT molecular complexity index is 2220. The van der Waals surface area contributed by atoms with E-state index in [0.29, 0.717) is 0 Å². The summed E-state index contributed by atoms with van der Waals surface area (Å²) in [6, 6.07) is 33.8. The van der Waals surface area contributed by atoms with Crippen molar-refractivity contribution < 1.29 is 33.7 Å². The fourth-order valence-corrected chi connectivity index (χ4v) is 7.93. The third kappa shape index (κ3) is 9.50. The van der Waals surface area contributed by atoms with Crippen molar-refractivity contribution in [2.45, 2.75) is 57.6 Å². The van der Waals surface area contributed by atoms with E-state index in [-0.39, 0.29) is 50.2 Å². The molecule has 5 atom stereocenters. The molecular weight excluding hydrogens is 749 g/mol. The molecule has 0 bridgehead atoms. The molecule has 0 spiro atoms. The Morgan fingerprint density at radius 1 is 0.797 bits per heavy atom. The van der Waals surface area contributed by atoms with Gasteiger partial charge in [-0.05, 0) is 51.6 Å². The Balaban J connectivity index is 0.951. The molecule has 0 radical (unpaired) electrons. The Kier molecular flexibility index (Phi) is 12.3. The SMILES string of the molecule is CC1C(CN2CCN(c3ncccn3)CC2)OC(c2cccc(-c3cccc(CN4C(=O)CC(NC(=O)OCc5ccccc5)C4=O)c3)c2)OC1c1ccc(CO)cc1. The second kappa shape index (κ2) is 18.3. The fourth-order valence-electron chi connectivity index (χ4n) is 7.93. The molecule has 3 saturated heterocycles. The van der Waals surface area contributed by atoms with Crippen LogP contribution in [0.4, 0.5) is 10.7 Å². The summed E-state index contributed by atoms with van der Waals surface area (Å²) in [6.45, 7) is 6.35. The lowest BCUT2D eigenvalue weighted by Gasteiger charge is -2.44. The average Bonchev–Trinajstić information content (AvgIpc) is 3.54. The number of rotatable bonds is 12. The van der Waals surface area contributed by atoms with Gasteiger partial charge in [0.25, 0.3) is 5.91 Å². The summed E-state index contributed by atoms with van der Waals surface area (Å²) in [6.07, 6.45) is 1.62. The number of ether oxygens (including phenoxy) is 3. The Labute approximate surface area is 343 Å². The third-order valence-electron chi connectivity index (χ3n) is 11.3. The van der Waals surface area contributed by atoms with E-state index in [9.17, 15) is 19.5 Å². The molecule has 0 saturated carbocycles. The monoisotopic (exact) mass is 796 g/mol. The van der Waals surface area contributed by atoms with Crippen LogP contribution in [-0.2, 0) is 43.6 Å². The van der Waals surface area contributed by atoms with Crippen molar-refractivity contribution in [3.8, 4) is 11.1 Å². The third-order valence-corrected chi connectivity index (χ3v) is 11.3. The predicted molar refractivity (Wildman–Crippen MR) is 219 cm³/mol. The molecule has 8 rings (SSSR count). The van der Waals surface area contributed by atoms with Gasteiger partial charge in [-0.1, -0.05) is 97.9 Å². The van der Waals surface area contributed by atoms with Gasteiger partial charge >= 0.3 is 6.09 Å². The maximum atomic E-state index is 13.3. The number of hydrogen-bond acceptors (Lipinski definition) is 11. The largest absolute Gasteiger partial charge is 0.445 e. The van der Waals surface area contributed by atoms with E-state index in [4.69, 9.17) is 14.2 Å². The van der Waals surface area contributed by atoms with Gasteiger partial charge in [0.05, 0.1) is 31.8 Å². The van der Waals surface area contributed by atoms with Gasteiger partial charge in [-0.15, -0.1) is 0 Å². The summed E-state index contributed by atoms with van der Waals surface area (Å²) in [4.78, 5) is 53.5. The number of anilines is 1. The van der Waals surface area contributed by atoms with Gasteiger partial charge in [-0.3, -0.25) is 19.4 Å². The number of nitrogens with one attached hydrogen (secondary N) is 1. The van der Waals surface area contributed by atoms with Crippen LogP contribution < -0.4 is 10.2 Å². The van der Waals surface area contributed by atoms with E-state index in [2.05, 4.69) is 38.1 Å². The molecule has 4 aromatic carbocycles. The normalized spacial score (nSPS) is 22.4. The van der Waals surface area contributed by atoms with Crippen molar-refractivity contribution in [2.75, 3.05) is 37.6 Å². The van der Waals surface area contributed by atoms with E-state index in [1.165, 1.54) is 4.90 Å². The first kappa shape index (κ1) is 39.8. The molecular formula is C46H48N6O7. The molecule has 3 amide bonds. The molecule has 3 aliphatic rings. The van der Waals surface area contributed by atoms with Crippen LogP contribution in [0.1, 0.15) is 53.6 Å². The van der Waals surface area contributed by atoms with Crippen LogP contribution in [0.15, 0.2) is 122 Å². The Hall–Kier alpha value is -5.99. The maximum Gasteiger partial charge on any atom is 0.408 e. The van der Waals surface area contributed by atoms with Gasteiger partial charge in [-0.25, -0.2) is 14.8 Å². The Morgan fingerprint density at radius 3 is 2.25 bits per heavy atom. The van der Waals surface area contributed by atoms with E-state index in [0.717, 1.165) is 77.6 Å². The lowest BCUT2D eigenvalue weighted by Crippen LogP contribution is -2.51. The zero-order valence-electron chi connectivity index (χ0n) is 32.9. The second-order valence-electron chi connectivity index (χ2n) is 15.3. The van der Waals surface area contributed by atoms with Crippen LogP contribution >= 0.6 is 0 Å². The van der Waals surface area contributed by atoms with Gasteiger partial charge in [0.1, 0.15) is 12.6 Å². The first-order valence-electron chi connectivity index (χ1n) is 20.1. The minimum absolute atomic E-state index is 0.0297. The summed E-state index contributed by atoms with van der Waals surface area (Å²) < 4.78 is 18.9. The standard InChI is InChI=1S/C46H48N6O7/c1-31-40(28-50-20-22-51(23-21-50)45-47-18-7-19-48-45)58-44(59-42(31)35-16-14-32(29-53)15-17-35)38-13-6-12-37(25-38)36-11-5-10-34(24-36)27-52-41(54)26-39(43(52)55)49-46(56)57-30-33-8-3-2-4-9-33/h2-19,24-25,31,39-40,42,44,53H,20-23,26-30H2,1H3,(H,49,56). The van der Waals surface area contributed by atoms with Gasteiger partial charge in [-0.2, -0.15) is 0 Å². The first-order valence-corrected chi connectivity index (χ1v) is 20.1. The summed E-state index contributed by atoms with van der Waals surface area (Å²) in [5.41, 5.74) is 6.14. The van der Waals surface area contributed by atoms with E-state index < -0.39 is 24.3 Å². The van der Waals surface area contributed by atoms with Crippen LogP contribution in [0.3, 0.4) is 0 Å². The van der Waals surface area contributed by atoms with Crippen molar-refractivity contribution in [3.63, 3.8) is 0 Å². The van der Waals surface area contributed by atoms with Gasteiger partial charge < -0.3 is 29.5 Å².